The zero-order valence-electron chi connectivity index (χ0n) is 14.3. The number of carbonyl (C=O) groups is 1. The first kappa shape index (κ1) is 16.6. The summed E-state index contributed by atoms with van der Waals surface area (Å²) in [6.45, 7) is 3.28. The standard InChI is InChI=1S/C18H20N6OS/c19-17-21-15(14-6-11-26-16(14)22-17)23-7-9-24(10-8-23)18(25)20-12-13-4-2-1-3-5-13/h1-6,11H,7-10,12H2,(H,20,25)(H2,19,21,22). The topological polar surface area (TPSA) is 87.4 Å². The maximum atomic E-state index is 12.4. The molecule has 1 aliphatic rings. The van der Waals surface area contributed by atoms with Gasteiger partial charge in [0.25, 0.3) is 0 Å². The van der Waals surface area contributed by atoms with Crippen molar-refractivity contribution in [2.24, 2.45) is 0 Å². The highest BCUT2D eigenvalue weighted by Gasteiger charge is 2.23. The van der Waals surface area contributed by atoms with Gasteiger partial charge >= 0.3 is 6.03 Å². The number of rotatable bonds is 3. The Morgan fingerprint density at radius 2 is 1.88 bits per heavy atom. The minimum absolute atomic E-state index is 0.0311. The second-order valence-corrected chi connectivity index (χ2v) is 7.06. The molecule has 0 atom stereocenters. The fourth-order valence-electron chi connectivity index (χ4n) is 3.10. The van der Waals surface area contributed by atoms with Gasteiger partial charge < -0.3 is 20.9 Å². The largest absolute Gasteiger partial charge is 0.368 e. The summed E-state index contributed by atoms with van der Waals surface area (Å²) in [6.07, 6.45) is 0. The van der Waals surface area contributed by atoms with Crippen LogP contribution in [0.25, 0.3) is 10.2 Å². The summed E-state index contributed by atoms with van der Waals surface area (Å²) in [7, 11) is 0. The van der Waals surface area contributed by atoms with Crippen molar-refractivity contribution in [2.45, 2.75) is 6.54 Å². The number of nitrogens with zero attached hydrogens (tertiary/aromatic N) is 4. The van der Waals surface area contributed by atoms with Gasteiger partial charge in [-0.15, -0.1) is 11.3 Å². The Balaban J connectivity index is 1.37. The summed E-state index contributed by atoms with van der Waals surface area (Å²) in [6, 6.07) is 11.9. The molecule has 1 saturated heterocycles. The number of nitrogens with two attached hydrogens (primary N) is 1. The Bertz CT molecular complexity index is 904. The molecule has 4 rings (SSSR count). The van der Waals surface area contributed by atoms with E-state index < -0.39 is 0 Å². The second kappa shape index (κ2) is 7.17. The highest BCUT2D eigenvalue weighted by molar-refractivity contribution is 7.16. The minimum atomic E-state index is -0.0311. The SMILES string of the molecule is Nc1nc(N2CCN(C(=O)NCc3ccccc3)CC2)c2ccsc2n1. The molecule has 1 aliphatic heterocycles. The molecule has 3 heterocycles. The molecule has 0 saturated carbocycles. The van der Waals surface area contributed by atoms with Crippen molar-refractivity contribution in [1.29, 1.82) is 0 Å². The number of thiophene rings is 1. The van der Waals surface area contributed by atoms with Crippen molar-refractivity contribution in [1.82, 2.24) is 20.2 Å². The van der Waals surface area contributed by atoms with Crippen LogP contribution in [0.1, 0.15) is 5.56 Å². The number of hydrogen-bond donors (Lipinski definition) is 2. The van der Waals surface area contributed by atoms with Crippen molar-refractivity contribution in [2.75, 3.05) is 36.8 Å². The van der Waals surface area contributed by atoms with Gasteiger partial charge in [-0.3, -0.25) is 0 Å². The van der Waals surface area contributed by atoms with Crippen LogP contribution in [-0.2, 0) is 6.54 Å². The van der Waals surface area contributed by atoms with Gasteiger partial charge in [0.1, 0.15) is 10.6 Å². The van der Waals surface area contributed by atoms with E-state index in [9.17, 15) is 4.79 Å². The lowest BCUT2D eigenvalue weighted by Crippen LogP contribution is -2.52. The highest BCUT2D eigenvalue weighted by atomic mass is 32.1. The molecular weight excluding hydrogens is 348 g/mol. The second-order valence-electron chi connectivity index (χ2n) is 6.16. The molecule has 1 fully saturated rings. The van der Waals surface area contributed by atoms with Gasteiger partial charge in [0.15, 0.2) is 0 Å². The van der Waals surface area contributed by atoms with Crippen LogP contribution in [0.4, 0.5) is 16.6 Å². The smallest absolute Gasteiger partial charge is 0.317 e. The first-order chi connectivity index (χ1) is 12.7. The van der Waals surface area contributed by atoms with Crippen LogP contribution in [0.15, 0.2) is 41.8 Å². The van der Waals surface area contributed by atoms with Gasteiger partial charge in [-0.1, -0.05) is 30.3 Å². The number of carbonyl (C=O) groups excluding carboxylic acids is 1. The number of amides is 2. The van der Waals surface area contributed by atoms with Crippen LogP contribution in [0.5, 0.6) is 0 Å². The molecule has 3 N–H and O–H groups in total. The third kappa shape index (κ3) is 3.41. The predicted molar refractivity (Wildman–Crippen MR) is 104 cm³/mol. The number of nitrogen functional groups attached to an aromatic ring is 1. The normalized spacial score (nSPS) is 14.6. The van der Waals surface area contributed by atoms with E-state index in [4.69, 9.17) is 5.73 Å². The van der Waals surface area contributed by atoms with Crippen LogP contribution in [0.2, 0.25) is 0 Å². The quantitative estimate of drug-likeness (QED) is 0.741. The molecule has 0 aliphatic carbocycles. The fourth-order valence-corrected chi connectivity index (χ4v) is 3.87. The average Bonchev–Trinajstić information content (AvgIpc) is 3.15. The Morgan fingerprint density at radius 3 is 2.65 bits per heavy atom. The summed E-state index contributed by atoms with van der Waals surface area (Å²) < 4.78 is 0. The van der Waals surface area contributed by atoms with Gasteiger partial charge in [-0.05, 0) is 17.0 Å². The van der Waals surface area contributed by atoms with Gasteiger partial charge in [0.05, 0.1) is 5.39 Å². The minimum Gasteiger partial charge on any atom is -0.368 e. The number of hydrogen-bond acceptors (Lipinski definition) is 6. The molecule has 2 amide bonds. The first-order valence-corrected chi connectivity index (χ1v) is 9.41. The van der Waals surface area contributed by atoms with Crippen LogP contribution >= 0.6 is 11.3 Å². The summed E-state index contributed by atoms with van der Waals surface area (Å²) >= 11 is 1.56. The van der Waals surface area contributed by atoms with Crippen LogP contribution in [0.3, 0.4) is 0 Å². The summed E-state index contributed by atoms with van der Waals surface area (Å²) in [4.78, 5) is 26.0. The van der Waals surface area contributed by atoms with Crippen LogP contribution in [0, 0.1) is 0 Å². The van der Waals surface area contributed by atoms with Crippen molar-refractivity contribution in [3.05, 3.63) is 47.3 Å². The van der Waals surface area contributed by atoms with Crippen LogP contribution in [-0.4, -0.2) is 47.1 Å². The summed E-state index contributed by atoms with van der Waals surface area (Å²) in [5.41, 5.74) is 6.94. The van der Waals surface area contributed by atoms with Gasteiger partial charge in [0.2, 0.25) is 5.95 Å². The molecule has 0 spiro atoms. The number of benzene rings is 1. The zero-order valence-corrected chi connectivity index (χ0v) is 15.1. The molecule has 0 unspecified atom stereocenters. The van der Waals surface area contributed by atoms with E-state index in [1.54, 1.807) is 11.3 Å². The highest BCUT2D eigenvalue weighted by Crippen LogP contribution is 2.29. The monoisotopic (exact) mass is 368 g/mol. The Kier molecular flexibility index (Phi) is 4.57. The van der Waals surface area contributed by atoms with E-state index in [1.165, 1.54) is 0 Å². The van der Waals surface area contributed by atoms with Crippen molar-refractivity contribution in [3.63, 3.8) is 0 Å². The maximum Gasteiger partial charge on any atom is 0.317 e. The van der Waals surface area contributed by atoms with E-state index in [0.29, 0.717) is 19.6 Å². The number of aromatic nitrogens is 2. The molecule has 0 bridgehead atoms. The van der Waals surface area contributed by atoms with E-state index in [0.717, 1.165) is 34.7 Å². The Morgan fingerprint density at radius 1 is 1.12 bits per heavy atom. The number of nitrogens with one attached hydrogen (secondary N) is 1. The third-order valence-corrected chi connectivity index (χ3v) is 5.28. The fraction of sp³-hybridized carbons (Fsp3) is 0.278. The molecule has 3 aromatic rings. The first-order valence-electron chi connectivity index (χ1n) is 8.53. The average molecular weight is 368 g/mol. The van der Waals surface area contributed by atoms with E-state index in [2.05, 4.69) is 20.2 Å². The lowest BCUT2D eigenvalue weighted by molar-refractivity contribution is 0.194. The third-order valence-electron chi connectivity index (χ3n) is 4.48. The van der Waals surface area contributed by atoms with Crippen molar-refractivity contribution in [3.8, 4) is 0 Å². The molecule has 2 aromatic heterocycles. The molecule has 0 radical (unpaired) electrons. The van der Waals surface area contributed by atoms with E-state index in [1.807, 2.05) is 46.7 Å². The molecule has 134 valence electrons. The number of urea groups is 1. The van der Waals surface area contributed by atoms with Gasteiger partial charge in [-0.25, -0.2) is 9.78 Å². The van der Waals surface area contributed by atoms with Crippen molar-refractivity contribution < 1.29 is 4.79 Å². The van der Waals surface area contributed by atoms with E-state index >= 15 is 0 Å². The van der Waals surface area contributed by atoms with Crippen molar-refractivity contribution >= 4 is 39.4 Å². The number of fused-ring (bicyclic) bond motifs is 1. The Hall–Kier alpha value is -2.87. The van der Waals surface area contributed by atoms with Crippen LogP contribution < -0.4 is 16.0 Å². The number of anilines is 2. The molecule has 1 aromatic carbocycles. The predicted octanol–water partition coefficient (Wildman–Crippen LogP) is 2.31. The number of piperazine rings is 1. The van der Waals surface area contributed by atoms with E-state index in [-0.39, 0.29) is 12.0 Å². The Labute approximate surface area is 155 Å². The molecule has 7 nitrogen and oxygen atoms in total. The van der Waals surface area contributed by atoms with Gasteiger partial charge in [0, 0.05) is 32.7 Å². The lowest BCUT2D eigenvalue weighted by atomic mass is 10.2. The summed E-state index contributed by atoms with van der Waals surface area (Å²) in [5.74, 6) is 1.15. The lowest BCUT2D eigenvalue weighted by Gasteiger charge is -2.35. The molecular formula is C18H20N6OS. The summed E-state index contributed by atoms with van der Waals surface area (Å²) in [5, 5.41) is 6.00. The molecule has 26 heavy (non-hydrogen) atoms. The maximum absolute atomic E-state index is 12.4. The van der Waals surface area contributed by atoms with Gasteiger partial charge in [-0.2, -0.15) is 4.98 Å². The molecule has 8 heteroatoms. The zero-order chi connectivity index (χ0) is 17.9.